The van der Waals surface area contributed by atoms with Gasteiger partial charge in [0.2, 0.25) is 10.0 Å². The molecule has 2 heterocycles. The largest absolute Gasteiger partial charge is 0.404 e. The zero-order chi connectivity index (χ0) is 22.9. The Hall–Kier alpha value is -2.59. The van der Waals surface area contributed by atoms with Crippen LogP contribution in [0.15, 0.2) is 55.0 Å². The number of benzene rings is 1. The van der Waals surface area contributed by atoms with Gasteiger partial charge in [0.15, 0.2) is 5.75 Å². The molecule has 0 aliphatic carbocycles. The molecule has 0 atom stereocenters. The van der Waals surface area contributed by atoms with Crippen LogP contribution >= 0.6 is 12.4 Å². The second-order valence-electron chi connectivity index (χ2n) is 8.18. The van der Waals surface area contributed by atoms with Crippen molar-refractivity contribution in [1.82, 2.24) is 15.2 Å². The first-order chi connectivity index (χ1) is 14.4. The van der Waals surface area contributed by atoms with Gasteiger partial charge < -0.3 is 0 Å². The second kappa shape index (κ2) is 9.50. The number of aromatic nitrogens is 3. The maximum absolute atomic E-state index is 13.0. The summed E-state index contributed by atoms with van der Waals surface area (Å²) in [6.07, 6.45) is -0.175. The Labute approximate surface area is 191 Å². The number of hydrogen-bond acceptors (Lipinski definition) is 4. The van der Waals surface area contributed by atoms with Crippen LogP contribution in [0.3, 0.4) is 0 Å². The Bertz CT molecular complexity index is 1130. The molecule has 0 unspecified atom stereocenters. The average Bonchev–Trinajstić information content (AvgIpc) is 3.14. The molecular weight excluding hydrogens is 465 g/mol. The van der Waals surface area contributed by atoms with Crippen molar-refractivity contribution >= 4 is 28.1 Å². The lowest BCUT2D eigenvalue weighted by atomic mass is 9.89. The third kappa shape index (κ3) is 6.23. The van der Waals surface area contributed by atoms with E-state index < -0.39 is 27.4 Å². The van der Waals surface area contributed by atoms with Gasteiger partial charge in [0.05, 0.1) is 18.4 Å². The van der Waals surface area contributed by atoms with E-state index in [0.29, 0.717) is 11.3 Å². The smallest absolute Gasteiger partial charge is 0.282 e. The molecule has 0 radical (unpaired) electrons. The highest BCUT2D eigenvalue weighted by Gasteiger charge is 2.39. The van der Waals surface area contributed by atoms with Gasteiger partial charge in [-0.05, 0) is 35.4 Å². The lowest BCUT2D eigenvalue weighted by Crippen LogP contribution is -2.38. The Balaban J connectivity index is 0.00000363. The topological polar surface area (TPSA) is 79.0 Å². The Morgan fingerprint density at radius 1 is 0.969 bits per heavy atom. The zero-order valence-electron chi connectivity index (χ0n) is 17.7. The number of pyridine rings is 1. The van der Waals surface area contributed by atoms with Crippen molar-refractivity contribution in [1.29, 1.82) is 0 Å². The SMILES string of the molecule is CC(C)(C)c1[nH]ncc1CN(c1ccc(-c2ccncc2)cc1)S(=O)(=O)CC(F)(F)F.Cl. The van der Waals surface area contributed by atoms with Gasteiger partial charge in [-0.3, -0.25) is 14.4 Å². The van der Waals surface area contributed by atoms with Crippen LogP contribution in [0.2, 0.25) is 0 Å². The van der Waals surface area contributed by atoms with Crippen molar-refractivity contribution in [3.05, 3.63) is 66.2 Å². The van der Waals surface area contributed by atoms with Gasteiger partial charge in [0, 0.05) is 29.1 Å². The standard InChI is InChI=1S/C21H23F3N4O2S.ClH/c1-20(2,3)19-17(12-26-27-19)13-28(31(29,30)14-21(22,23)24)18-6-4-15(5-7-18)16-8-10-25-11-9-16;/h4-12H,13-14H2,1-3H3,(H,26,27);1H. The van der Waals surface area contributed by atoms with Crippen LogP contribution in [0.1, 0.15) is 32.0 Å². The molecule has 0 aliphatic heterocycles. The summed E-state index contributed by atoms with van der Waals surface area (Å²) in [4.78, 5) is 3.95. The van der Waals surface area contributed by atoms with Gasteiger partial charge in [-0.1, -0.05) is 32.9 Å². The fraction of sp³-hybridized carbons (Fsp3) is 0.333. The molecule has 3 rings (SSSR count). The van der Waals surface area contributed by atoms with Crippen LogP contribution in [0.5, 0.6) is 0 Å². The van der Waals surface area contributed by atoms with Crippen molar-refractivity contribution in [2.75, 3.05) is 10.1 Å². The lowest BCUT2D eigenvalue weighted by Gasteiger charge is -2.27. The minimum absolute atomic E-state index is 0. The summed E-state index contributed by atoms with van der Waals surface area (Å²) >= 11 is 0. The molecule has 0 bridgehead atoms. The van der Waals surface area contributed by atoms with Crippen molar-refractivity contribution in [3.63, 3.8) is 0 Å². The molecule has 1 N–H and O–H groups in total. The van der Waals surface area contributed by atoms with E-state index >= 15 is 0 Å². The molecule has 0 saturated heterocycles. The molecule has 32 heavy (non-hydrogen) atoms. The van der Waals surface area contributed by atoms with Gasteiger partial charge in [-0.2, -0.15) is 18.3 Å². The maximum atomic E-state index is 13.0. The molecule has 0 amide bonds. The summed E-state index contributed by atoms with van der Waals surface area (Å²) < 4.78 is 65.4. The van der Waals surface area contributed by atoms with Gasteiger partial charge >= 0.3 is 6.18 Å². The lowest BCUT2D eigenvalue weighted by molar-refractivity contribution is -0.106. The van der Waals surface area contributed by atoms with Crippen molar-refractivity contribution < 1.29 is 21.6 Å². The maximum Gasteiger partial charge on any atom is 0.404 e. The van der Waals surface area contributed by atoms with E-state index in [1.807, 2.05) is 20.8 Å². The zero-order valence-corrected chi connectivity index (χ0v) is 19.4. The minimum Gasteiger partial charge on any atom is -0.282 e. The second-order valence-corrected chi connectivity index (χ2v) is 10.1. The number of nitrogens with zero attached hydrogens (tertiary/aromatic N) is 3. The number of sulfonamides is 1. The molecule has 0 saturated carbocycles. The number of hydrogen-bond donors (Lipinski definition) is 1. The highest BCUT2D eigenvalue weighted by Crippen LogP contribution is 2.31. The first-order valence-corrected chi connectivity index (χ1v) is 11.1. The molecular formula is C21H24ClF3N4O2S. The summed E-state index contributed by atoms with van der Waals surface area (Å²) in [5.41, 5.74) is 2.57. The summed E-state index contributed by atoms with van der Waals surface area (Å²) in [6, 6.07) is 9.91. The predicted octanol–water partition coefficient (Wildman–Crippen LogP) is 5.09. The van der Waals surface area contributed by atoms with E-state index in [9.17, 15) is 21.6 Å². The Morgan fingerprint density at radius 3 is 2.06 bits per heavy atom. The average molecular weight is 489 g/mol. The summed E-state index contributed by atoms with van der Waals surface area (Å²) in [6.45, 7) is 5.45. The number of halogens is 4. The molecule has 1 aromatic carbocycles. The van der Waals surface area contributed by atoms with E-state index in [-0.39, 0.29) is 24.6 Å². The van der Waals surface area contributed by atoms with Crippen LogP contribution in [0.25, 0.3) is 11.1 Å². The van der Waals surface area contributed by atoms with Crippen molar-refractivity contribution in [2.24, 2.45) is 0 Å². The normalized spacial score (nSPS) is 12.3. The van der Waals surface area contributed by atoms with Crippen molar-refractivity contribution in [3.8, 4) is 11.1 Å². The number of aromatic amines is 1. The fourth-order valence-electron chi connectivity index (χ4n) is 3.23. The van der Waals surface area contributed by atoms with Crippen LogP contribution < -0.4 is 4.31 Å². The van der Waals surface area contributed by atoms with E-state index in [2.05, 4.69) is 15.2 Å². The molecule has 0 aliphatic rings. The van der Waals surface area contributed by atoms with E-state index in [4.69, 9.17) is 0 Å². The van der Waals surface area contributed by atoms with E-state index in [1.165, 1.54) is 18.3 Å². The molecule has 11 heteroatoms. The predicted molar refractivity (Wildman–Crippen MR) is 120 cm³/mol. The molecule has 0 spiro atoms. The van der Waals surface area contributed by atoms with E-state index in [1.54, 1.807) is 36.7 Å². The Morgan fingerprint density at radius 2 is 1.53 bits per heavy atom. The molecule has 3 aromatic rings. The number of rotatable bonds is 6. The first-order valence-electron chi connectivity index (χ1n) is 9.47. The monoisotopic (exact) mass is 488 g/mol. The number of H-pyrrole nitrogens is 1. The fourth-order valence-corrected chi connectivity index (χ4v) is 4.58. The summed E-state index contributed by atoms with van der Waals surface area (Å²) in [5.74, 6) is -1.95. The third-order valence-electron chi connectivity index (χ3n) is 4.63. The quantitative estimate of drug-likeness (QED) is 0.524. The molecule has 0 fully saturated rings. The highest BCUT2D eigenvalue weighted by atomic mass is 35.5. The van der Waals surface area contributed by atoms with Gasteiger partial charge in [0.25, 0.3) is 0 Å². The summed E-state index contributed by atoms with van der Waals surface area (Å²) in [7, 11) is -4.69. The van der Waals surface area contributed by atoms with Crippen LogP contribution in [0, 0.1) is 0 Å². The van der Waals surface area contributed by atoms with Crippen LogP contribution in [-0.2, 0) is 22.0 Å². The van der Waals surface area contributed by atoms with Crippen LogP contribution in [0.4, 0.5) is 18.9 Å². The van der Waals surface area contributed by atoms with Crippen molar-refractivity contribution in [2.45, 2.75) is 38.9 Å². The van der Waals surface area contributed by atoms with E-state index in [0.717, 1.165) is 15.4 Å². The van der Waals surface area contributed by atoms with Gasteiger partial charge in [-0.25, -0.2) is 8.42 Å². The Kier molecular flexibility index (Phi) is 7.62. The minimum atomic E-state index is -4.86. The number of nitrogens with one attached hydrogen (secondary N) is 1. The molecule has 174 valence electrons. The number of anilines is 1. The van der Waals surface area contributed by atoms with Gasteiger partial charge in [0.1, 0.15) is 0 Å². The third-order valence-corrected chi connectivity index (χ3v) is 6.34. The first kappa shape index (κ1) is 25.7. The highest BCUT2D eigenvalue weighted by molar-refractivity contribution is 7.92. The molecule has 6 nitrogen and oxygen atoms in total. The molecule has 2 aromatic heterocycles. The number of alkyl halides is 3. The summed E-state index contributed by atoms with van der Waals surface area (Å²) in [5, 5.41) is 6.80. The van der Waals surface area contributed by atoms with Gasteiger partial charge in [-0.15, -0.1) is 12.4 Å². The van der Waals surface area contributed by atoms with Crippen LogP contribution in [-0.4, -0.2) is 35.5 Å².